The van der Waals surface area contributed by atoms with Crippen LogP contribution in [-0.4, -0.2) is 5.78 Å². The first-order valence-electron chi connectivity index (χ1n) is 7.95. The summed E-state index contributed by atoms with van der Waals surface area (Å²) in [6.07, 6.45) is 0. The summed E-state index contributed by atoms with van der Waals surface area (Å²) in [6.45, 7) is 12.7. The Bertz CT molecular complexity index is 713. The second-order valence-electron chi connectivity index (χ2n) is 8.10. The van der Waals surface area contributed by atoms with E-state index in [9.17, 15) is 9.18 Å². The molecular formula is C21H25FO. The van der Waals surface area contributed by atoms with Crippen molar-refractivity contribution in [1.29, 1.82) is 0 Å². The first-order chi connectivity index (χ1) is 10.5. The van der Waals surface area contributed by atoms with Crippen LogP contribution in [0, 0.1) is 5.82 Å². The van der Waals surface area contributed by atoms with Gasteiger partial charge in [0.1, 0.15) is 5.82 Å². The molecule has 23 heavy (non-hydrogen) atoms. The molecule has 0 bridgehead atoms. The van der Waals surface area contributed by atoms with Crippen LogP contribution >= 0.6 is 0 Å². The lowest BCUT2D eigenvalue weighted by molar-refractivity contribution is 0.103. The van der Waals surface area contributed by atoms with Gasteiger partial charge in [-0.05, 0) is 52.3 Å². The van der Waals surface area contributed by atoms with Gasteiger partial charge in [0, 0.05) is 11.1 Å². The van der Waals surface area contributed by atoms with Crippen LogP contribution in [-0.2, 0) is 10.8 Å². The number of carbonyl (C=O) groups is 1. The second-order valence-corrected chi connectivity index (χ2v) is 8.10. The van der Waals surface area contributed by atoms with Crippen LogP contribution in [0.5, 0.6) is 0 Å². The predicted octanol–water partition coefficient (Wildman–Crippen LogP) is 5.65. The van der Waals surface area contributed by atoms with Gasteiger partial charge in [-0.2, -0.15) is 0 Å². The minimum Gasteiger partial charge on any atom is -0.289 e. The molecule has 122 valence electrons. The summed E-state index contributed by atoms with van der Waals surface area (Å²) in [5.74, 6) is -0.387. The molecule has 2 aromatic carbocycles. The highest BCUT2D eigenvalue weighted by Gasteiger charge is 2.25. The van der Waals surface area contributed by atoms with Crippen molar-refractivity contribution < 1.29 is 9.18 Å². The van der Waals surface area contributed by atoms with Crippen molar-refractivity contribution in [2.24, 2.45) is 0 Å². The van der Waals surface area contributed by atoms with E-state index in [0.29, 0.717) is 11.1 Å². The third-order valence-electron chi connectivity index (χ3n) is 4.04. The van der Waals surface area contributed by atoms with E-state index >= 15 is 0 Å². The third-order valence-corrected chi connectivity index (χ3v) is 4.04. The molecule has 0 aliphatic heterocycles. The van der Waals surface area contributed by atoms with E-state index in [0.717, 1.165) is 11.1 Å². The van der Waals surface area contributed by atoms with Crippen molar-refractivity contribution in [3.63, 3.8) is 0 Å². The van der Waals surface area contributed by atoms with Gasteiger partial charge >= 0.3 is 0 Å². The highest BCUT2D eigenvalue weighted by molar-refractivity contribution is 6.10. The molecule has 0 radical (unpaired) electrons. The van der Waals surface area contributed by atoms with E-state index < -0.39 is 0 Å². The van der Waals surface area contributed by atoms with E-state index in [-0.39, 0.29) is 22.4 Å². The summed E-state index contributed by atoms with van der Waals surface area (Å²) >= 11 is 0. The highest BCUT2D eigenvalue weighted by atomic mass is 19.1. The third kappa shape index (κ3) is 3.87. The first-order valence-corrected chi connectivity index (χ1v) is 7.95. The summed E-state index contributed by atoms with van der Waals surface area (Å²) in [5, 5.41) is 0. The molecule has 0 aromatic heterocycles. The molecule has 0 saturated heterocycles. The standard InChI is InChI=1S/C21H25FO/c1-20(2,3)15-9-12-18(21(4,5)6)17(13-15)19(23)14-7-10-16(22)11-8-14/h7-13H,1-6H3. The Labute approximate surface area is 138 Å². The number of rotatable bonds is 2. The number of carbonyl (C=O) groups excluding carboxylic acids is 1. The average Bonchev–Trinajstić information content (AvgIpc) is 2.45. The van der Waals surface area contributed by atoms with Crippen LogP contribution in [0.4, 0.5) is 4.39 Å². The lowest BCUT2D eigenvalue weighted by atomic mass is 9.78. The van der Waals surface area contributed by atoms with Crippen molar-refractivity contribution in [1.82, 2.24) is 0 Å². The Hall–Kier alpha value is -1.96. The van der Waals surface area contributed by atoms with Gasteiger partial charge in [-0.15, -0.1) is 0 Å². The Balaban J connectivity index is 2.61. The summed E-state index contributed by atoms with van der Waals surface area (Å²) < 4.78 is 13.1. The average molecular weight is 312 g/mol. The molecule has 0 aliphatic carbocycles. The van der Waals surface area contributed by atoms with Crippen molar-refractivity contribution in [3.8, 4) is 0 Å². The largest absolute Gasteiger partial charge is 0.289 e. The number of hydrogen-bond acceptors (Lipinski definition) is 1. The van der Waals surface area contributed by atoms with Crippen LogP contribution in [0.15, 0.2) is 42.5 Å². The minimum atomic E-state index is -0.332. The fourth-order valence-electron chi connectivity index (χ4n) is 2.61. The topological polar surface area (TPSA) is 17.1 Å². The molecule has 0 aliphatic rings. The zero-order chi connectivity index (χ0) is 17.4. The van der Waals surface area contributed by atoms with Crippen molar-refractivity contribution in [2.45, 2.75) is 52.4 Å². The van der Waals surface area contributed by atoms with Crippen molar-refractivity contribution in [2.75, 3.05) is 0 Å². The van der Waals surface area contributed by atoms with Crippen LogP contribution in [0.2, 0.25) is 0 Å². The Morgan fingerprint density at radius 3 is 1.87 bits per heavy atom. The lowest BCUT2D eigenvalue weighted by Gasteiger charge is -2.26. The molecule has 0 spiro atoms. The Morgan fingerprint density at radius 2 is 1.39 bits per heavy atom. The summed E-state index contributed by atoms with van der Waals surface area (Å²) in [4.78, 5) is 13.0. The molecule has 0 unspecified atom stereocenters. The SMILES string of the molecule is CC(C)(C)c1ccc(C(C)(C)C)c(C(=O)c2ccc(F)cc2)c1. The molecule has 0 atom stereocenters. The number of hydrogen-bond donors (Lipinski definition) is 0. The molecule has 0 fully saturated rings. The fraction of sp³-hybridized carbons (Fsp3) is 0.381. The molecule has 0 amide bonds. The van der Waals surface area contributed by atoms with Crippen LogP contribution in [0.25, 0.3) is 0 Å². The van der Waals surface area contributed by atoms with Gasteiger partial charge in [0.2, 0.25) is 0 Å². The van der Waals surface area contributed by atoms with Crippen LogP contribution < -0.4 is 0 Å². The highest BCUT2D eigenvalue weighted by Crippen LogP contribution is 2.32. The van der Waals surface area contributed by atoms with Gasteiger partial charge in [-0.1, -0.05) is 53.7 Å². The zero-order valence-electron chi connectivity index (χ0n) is 14.8. The van der Waals surface area contributed by atoms with E-state index in [2.05, 4.69) is 53.7 Å². The summed E-state index contributed by atoms with van der Waals surface area (Å²) in [6, 6.07) is 11.9. The van der Waals surface area contributed by atoms with Crippen LogP contribution in [0.1, 0.15) is 68.6 Å². The molecule has 0 N–H and O–H groups in total. The van der Waals surface area contributed by atoms with Crippen LogP contribution in [0.3, 0.4) is 0 Å². The van der Waals surface area contributed by atoms with Gasteiger partial charge in [-0.25, -0.2) is 4.39 Å². The first kappa shape index (κ1) is 17.4. The van der Waals surface area contributed by atoms with E-state index in [1.54, 1.807) is 12.1 Å². The smallest absolute Gasteiger partial charge is 0.193 e. The molecule has 1 nitrogen and oxygen atoms in total. The van der Waals surface area contributed by atoms with E-state index in [1.165, 1.54) is 12.1 Å². The molecular weight excluding hydrogens is 287 g/mol. The maximum atomic E-state index is 13.1. The molecule has 0 saturated carbocycles. The quantitative estimate of drug-likeness (QED) is 0.655. The van der Waals surface area contributed by atoms with Gasteiger partial charge in [0.05, 0.1) is 0 Å². The van der Waals surface area contributed by atoms with E-state index in [4.69, 9.17) is 0 Å². The molecule has 2 aromatic rings. The normalized spacial score (nSPS) is 12.3. The molecule has 2 rings (SSSR count). The summed E-state index contributed by atoms with van der Waals surface area (Å²) in [7, 11) is 0. The molecule has 2 heteroatoms. The lowest BCUT2D eigenvalue weighted by Crippen LogP contribution is -2.20. The van der Waals surface area contributed by atoms with Gasteiger partial charge < -0.3 is 0 Å². The maximum Gasteiger partial charge on any atom is 0.193 e. The predicted molar refractivity (Wildman–Crippen MR) is 93.7 cm³/mol. The minimum absolute atomic E-state index is 0.0335. The number of ketones is 1. The van der Waals surface area contributed by atoms with Crippen molar-refractivity contribution in [3.05, 3.63) is 70.5 Å². The zero-order valence-corrected chi connectivity index (χ0v) is 14.8. The fourth-order valence-corrected chi connectivity index (χ4v) is 2.61. The van der Waals surface area contributed by atoms with Gasteiger partial charge in [-0.3, -0.25) is 4.79 Å². The number of halogens is 1. The van der Waals surface area contributed by atoms with Gasteiger partial charge in [0.25, 0.3) is 0 Å². The number of benzene rings is 2. The Kier molecular flexibility index (Phi) is 4.48. The Morgan fingerprint density at radius 1 is 0.826 bits per heavy atom. The summed E-state index contributed by atoms with van der Waals surface area (Å²) in [5.41, 5.74) is 3.19. The maximum absolute atomic E-state index is 13.1. The van der Waals surface area contributed by atoms with E-state index in [1.807, 2.05) is 6.07 Å². The monoisotopic (exact) mass is 312 g/mol. The molecule has 0 heterocycles. The van der Waals surface area contributed by atoms with Gasteiger partial charge in [0.15, 0.2) is 5.78 Å². The second kappa shape index (κ2) is 5.92. The van der Waals surface area contributed by atoms with Crippen molar-refractivity contribution >= 4 is 5.78 Å².